The van der Waals surface area contributed by atoms with Crippen molar-refractivity contribution < 1.29 is 19.0 Å². The SMILES string of the molecule is COCCNC(=O)c1ccc(N2CCC3(CC2)OCCO3)cn1. The highest BCUT2D eigenvalue weighted by molar-refractivity contribution is 5.92. The maximum atomic E-state index is 11.9. The monoisotopic (exact) mass is 321 g/mol. The zero-order valence-corrected chi connectivity index (χ0v) is 13.4. The first-order chi connectivity index (χ1) is 11.2. The van der Waals surface area contributed by atoms with Crippen molar-refractivity contribution in [3.8, 4) is 0 Å². The summed E-state index contributed by atoms with van der Waals surface area (Å²) in [6.07, 6.45) is 3.46. The summed E-state index contributed by atoms with van der Waals surface area (Å²) in [6.45, 7) is 4.07. The lowest BCUT2D eigenvalue weighted by Crippen LogP contribution is -2.45. The van der Waals surface area contributed by atoms with Gasteiger partial charge in [-0.3, -0.25) is 4.79 Å². The Balaban J connectivity index is 1.54. The van der Waals surface area contributed by atoms with Gasteiger partial charge in [0.15, 0.2) is 5.79 Å². The van der Waals surface area contributed by atoms with Crippen molar-refractivity contribution in [2.75, 3.05) is 51.5 Å². The lowest BCUT2D eigenvalue weighted by Gasteiger charge is -2.38. The first-order valence-corrected chi connectivity index (χ1v) is 7.98. The molecule has 7 heteroatoms. The molecule has 0 unspecified atom stereocenters. The third-order valence-corrected chi connectivity index (χ3v) is 4.28. The fourth-order valence-corrected chi connectivity index (χ4v) is 2.96. The van der Waals surface area contributed by atoms with Crippen molar-refractivity contribution in [3.63, 3.8) is 0 Å². The number of piperidine rings is 1. The molecule has 1 amide bonds. The second-order valence-electron chi connectivity index (χ2n) is 5.74. The molecule has 2 aliphatic heterocycles. The Morgan fingerprint density at radius 3 is 2.70 bits per heavy atom. The van der Waals surface area contributed by atoms with Gasteiger partial charge in [-0.2, -0.15) is 0 Å². The number of hydrogen-bond donors (Lipinski definition) is 1. The number of rotatable bonds is 5. The molecule has 1 N–H and O–H groups in total. The van der Waals surface area contributed by atoms with Crippen LogP contribution in [0.5, 0.6) is 0 Å². The first-order valence-electron chi connectivity index (χ1n) is 7.98. The van der Waals surface area contributed by atoms with Gasteiger partial charge < -0.3 is 24.4 Å². The number of aromatic nitrogens is 1. The number of nitrogens with zero attached hydrogens (tertiary/aromatic N) is 2. The van der Waals surface area contributed by atoms with E-state index in [-0.39, 0.29) is 11.7 Å². The summed E-state index contributed by atoms with van der Waals surface area (Å²) >= 11 is 0. The second kappa shape index (κ2) is 7.25. The Labute approximate surface area is 135 Å². The Hall–Kier alpha value is -1.70. The Kier molecular flexibility index (Phi) is 5.09. The molecule has 0 radical (unpaired) electrons. The van der Waals surface area contributed by atoms with Crippen LogP contribution in [0.3, 0.4) is 0 Å². The summed E-state index contributed by atoms with van der Waals surface area (Å²) in [5.74, 6) is -0.551. The van der Waals surface area contributed by atoms with Gasteiger partial charge in [-0.15, -0.1) is 0 Å². The number of anilines is 1. The third kappa shape index (κ3) is 3.80. The molecule has 1 aromatic rings. The van der Waals surface area contributed by atoms with Crippen molar-refractivity contribution in [3.05, 3.63) is 24.0 Å². The lowest BCUT2D eigenvalue weighted by atomic mass is 10.0. The molecule has 1 spiro atoms. The zero-order valence-electron chi connectivity index (χ0n) is 13.4. The topological polar surface area (TPSA) is 72.9 Å². The van der Waals surface area contributed by atoms with Gasteiger partial charge in [-0.25, -0.2) is 4.98 Å². The minimum atomic E-state index is -0.370. The maximum Gasteiger partial charge on any atom is 0.269 e. The van der Waals surface area contributed by atoms with E-state index in [1.807, 2.05) is 6.07 Å². The van der Waals surface area contributed by atoms with E-state index in [1.165, 1.54) is 0 Å². The highest BCUT2D eigenvalue weighted by Gasteiger charge is 2.39. The number of pyridine rings is 1. The van der Waals surface area contributed by atoms with Gasteiger partial charge in [-0.05, 0) is 12.1 Å². The van der Waals surface area contributed by atoms with Crippen LogP contribution in [0.15, 0.2) is 18.3 Å². The van der Waals surface area contributed by atoms with Crippen molar-refractivity contribution in [2.24, 2.45) is 0 Å². The highest BCUT2D eigenvalue weighted by atomic mass is 16.7. The molecule has 0 atom stereocenters. The smallest absolute Gasteiger partial charge is 0.269 e. The fourth-order valence-electron chi connectivity index (χ4n) is 2.96. The van der Waals surface area contributed by atoms with Crippen LogP contribution in [-0.4, -0.2) is 63.2 Å². The number of carbonyl (C=O) groups excluding carboxylic acids is 1. The van der Waals surface area contributed by atoms with E-state index in [0.717, 1.165) is 31.6 Å². The average Bonchev–Trinajstić information content (AvgIpc) is 3.04. The summed E-state index contributed by atoms with van der Waals surface area (Å²) in [7, 11) is 1.60. The Morgan fingerprint density at radius 1 is 1.35 bits per heavy atom. The van der Waals surface area contributed by atoms with Crippen LogP contribution >= 0.6 is 0 Å². The molecule has 0 bridgehead atoms. The van der Waals surface area contributed by atoms with Crippen LogP contribution in [0.4, 0.5) is 5.69 Å². The normalized spacial score (nSPS) is 20.0. The first kappa shape index (κ1) is 16.2. The van der Waals surface area contributed by atoms with E-state index < -0.39 is 0 Å². The molecule has 7 nitrogen and oxygen atoms in total. The fraction of sp³-hybridized carbons (Fsp3) is 0.625. The molecule has 2 fully saturated rings. The van der Waals surface area contributed by atoms with Gasteiger partial charge in [0.05, 0.1) is 31.7 Å². The number of methoxy groups -OCH3 is 1. The van der Waals surface area contributed by atoms with E-state index in [2.05, 4.69) is 15.2 Å². The quantitative estimate of drug-likeness (QED) is 0.809. The van der Waals surface area contributed by atoms with E-state index in [4.69, 9.17) is 14.2 Å². The minimum Gasteiger partial charge on any atom is -0.383 e. The molecule has 0 aliphatic carbocycles. The summed E-state index contributed by atoms with van der Waals surface area (Å²) in [6, 6.07) is 3.69. The number of carbonyl (C=O) groups is 1. The molecule has 3 heterocycles. The zero-order chi connectivity index (χ0) is 16.1. The predicted molar refractivity (Wildman–Crippen MR) is 84.5 cm³/mol. The molecule has 2 saturated heterocycles. The Morgan fingerprint density at radius 2 is 2.09 bits per heavy atom. The number of amides is 1. The molecular formula is C16H23N3O4. The second-order valence-corrected chi connectivity index (χ2v) is 5.74. The van der Waals surface area contributed by atoms with Crippen LogP contribution in [-0.2, 0) is 14.2 Å². The van der Waals surface area contributed by atoms with Gasteiger partial charge in [0.2, 0.25) is 0 Å². The van der Waals surface area contributed by atoms with Gasteiger partial charge in [-0.1, -0.05) is 0 Å². The molecule has 126 valence electrons. The number of hydrogen-bond acceptors (Lipinski definition) is 6. The largest absolute Gasteiger partial charge is 0.383 e. The van der Waals surface area contributed by atoms with Crippen LogP contribution < -0.4 is 10.2 Å². The van der Waals surface area contributed by atoms with Crippen LogP contribution in [0.1, 0.15) is 23.3 Å². The standard InChI is InChI=1S/C16H23N3O4/c1-21-9-6-17-15(20)14-3-2-13(12-18-14)19-7-4-16(5-8-19)22-10-11-23-16/h2-3,12H,4-11H2,1H3,(H,17,20). The van der Waals surface area contributed by atoms with Crippen LogP contribution in [0, 0.1) is 0 Å². The summed E-state index contributed by atoms with van der Waals surface area (Å²) in [4.78, 5) is 18.4. The Bertz CT molecular complexity index is 519. The lowest BCUT2D eigenvalue weighted by molar-refractivity contribution is -0.169. The van der Waals surface area contributed by atoms with Gasteiger partial charge in [0.1, 0.15) is 5.69 Å². The molecule has 1 aromatic heterocycles. The van der Waals surface area contributed by atoms with Crippen LogP contribution in [0.25, 0.3) is 0 Å². The molecule has 0 saturated carbocycles. The van der Waals surface area contributed by atoms with Crippen molar-refractivity contribution in [2.45, 2.75) is 18.6 Å². The summed E-state index contributed by atoms with van der Waals surface area (Å²) in [5.41, 5.74) is 1.44. The highest BCUT2D eigenvalue weighted by Crippen LogP contribution is 2.32. The molecule has 3 rings (SSSR count). The maximum absolute atomic E-state index is 11.9. The van der Waals surface area contributed by atoms with Crippen molar-refractivity contribution in [1.82, 2.24) is 10.3 Å². The third-order valence-electron chi connectivity index (χ3n) is 4.28. The number of nitrogens with one attached hydrogen (secondary N) is 1. The van der Waals surface area contributed by atoms with Gasteiger partial charge in [0, 0.05) is 39.6 Å². The van der Waals surface area contributed by atoms with Crippen molar-refractivity contribution >= 4 is 11.6 Å². The van der Waals surface area contributed by atoms with E-state index in [0.29, 0.717) is 32.1 Å². The molecule has 0 aromatic carbocycles. The molecule has 23 heavy (non-hydrogen) atoms. The minimum absolute atomic E-state index is 0.182. The summed E-state index contributed by atoms with van der Waals surface area (Å²) in [5, 5.41) is 2.76. The number of ether oxygens (including phenoxy) is 3. The average molecular weight is 321 g/mol. The van der Waals surface area contributed by atoms with Gasteiger partial charge in [0.25, 0.3) is 5.91 Å². The van der Waals surface area contributed by atoms with E-state index in [9.17, 15) is 4.79 Å². The van der Waals surface area contributed by atoms with E-state index in [1.54, 1.807) is 19.4 Å². The van der Waals surface area contributed by atoms with Crippen molar-refractivity contribution in [1.29, 1.82) is 0 Å². The van der Waals surface area contributed by atoms with Crippen LogP contribution in [0.2, 0.25) is 0 Å². The van der Waals surface area contributed by atoms with E-state index >= 15 is 0 Å². The van der Waals surface area contributed by atoms with Gasteiger partial charge >= 0.3 is 0 Å². The summed E-state index contributed by atoms with van der Waals surface area (Å²) < 4.78 is 16.4. The predicted octanol–water partition coefficient (Wildman–Crippen LogP) is 0.801. The molecular weight excluding hydrogens is 298 g/mol. The molecule has 2 aliphatic rings.